The molecule has 5 nitrogen and oxygen atoms in total. The Morgan fingerprint density at radius 3 is 2.36 bits per heavy atom. The number of hydrogen-bond donors (Lipinski definition) is 1. The summed E-state index contributed by atoms with van der Waals surface area (Å²) in [4.78, 5) is 25.8. The molecule has 0 saturated carbocycles. The van der Waals surface area contributed by atoms with E-state index >= 15 is 0 Å². The summed E-state index contributed by atoms with van der Waals surface area (Å²) in [6.07, 6.45) is 0. The summed E-state index contributed by atoms with van der Waals surface area (Å²) in [6.45, 7) is 0. The minimum absolute atomic E-state index is 0.114. The number of benzene rings is 2. The van der Waals surface area contributed by atoms with E-state index in [0.717, 1.165) is 17.0 Å². The molecule has 3 rings (SSSR count). The van der Waals surface area contributed by atoms with Gasteiger partial charge >= 0.3 is 0 Å². The number of halogens is 3. The first kappa shape index (κ1) is 17.3. The molecule has 0 bridgehead atoms. The first-order chi connectivity index (χ1) is 11.9. The molecule has 8 heteroatoms. The van der Waals surface area contributed by atoms with Crippen LogP contribution in [0.4, 0.5) is 15.8 Å². The number of amides is 2. The van der Waals surface area contributed by atoms with Crippen molar-refractivity contribution in [1.29, 1.82) is 0 Å². The lowest BCUT2D eigenvalue weighted by atomic mass is 10.2. The van der Waals surface area contributed by atoms with E-state index in [2.05, 4.69) is 5.32 Å². The van der Waals surface area contributed by atoms with Gasteiger partial charge in [-0.15, -0.1) is 0 Å². The molecule has 1 N–H and O–H groups in total. The maximum atomic E-state index is 13.1. The normalized spacial score (nSPS) is 14.3. The molecule has 0 atom stereocenters. The van der Waals surface area contributed by atoms with E-state index in [-0.39, 0.29) is 16.4 Å². The lowest BCUT2D eigenvalue weighted by molar-refractivity contribution is -0.120. The van der Waals surface area contributed by atoms with E-state index in [0.29, 0.717) is 16.5 Å². The van der Waals surface area contributed by atoms with Crippen LogP contribution in [0.1, 0.15) is 0 Å². The molecular formula is C17H11Cl2FN2O3. The Kier molecular flexibility index (Phi) is 4.65. The summed E-state index contributed by atoms with van der Waals surface area (Å²) in [5.41, 5.74) is 0.478. The van der Waals surface area contributed by atoms with Crippen LogP contribution >= 0.6 is 23.2 Å². The first-order valence-electron chi connectivity index (χ1n) is 7.07. The lowest BCUT2D eigenvalue weighted by Crippen LogP contribution is -2.32. The molecule has 0 fully saturated rings. The van der Waals surface area contributed by atoms with Gasteiger partial charge in [0.1, 0.15) is 22.3 Å². The van der Waals surface area contributed by atoms with Crippen LogP contribution in [0.15, 0.2) is 53.2 Å². The van der Waals surface area contributed by atoms with Gasteiger partial charge in [0, 0.05) is 5.02 Å². The molecule has 0 radical (unpaired) electrons. The Hall–Kier alpha value is -2.57. The molecular weight excluding hydrogens is 370 g/mol. The van der Waals surface area contributed by atoms with Gasteiger partial charge in [-0.05, 0) is 42.5 Å². The summed E-state index contributed by atoms with van der Waals surface area (Å²) >= 11 is 12.0. The second-order valence-corrected chi connectivity index (χ2v) is 5.90. The number of methoxy groups -OCH3 is 1. The number of nitrogens with one attached hydrogen (secondary N) is 1. The smallest absolute Gasteiger partial charge is 0.283 e. The number of hydrogen-bond acceptors (Lipinski definition) is 4. The Labute approximate surface area is 152 Å². The molecule has 0 spiro atoms. The van der Waals surface area contributed by atoms with Crippen molar-refractivity contribution in [2.45, 2.75) is 0 Å². The average Bonchev–Trinajstić information content (AvgIpc) is 2.80. The standard InChI is InChI=1S/C17H11Cl2FN2O3/c1-25-13-7-2-9(18)8-12(13)21-15-14(19)16(23)22(17(15)24)11-5-3-10(20)4-6-11/h2-8,21H,1H3. The molecule has 2 amide bonds. The molecule has 1 heterocycles. The number of ether oxygens (including phenoxy) is 1. The number of nitrogens with zero attached hydrogens (tertiary/aromatic N) is 1. The zero-order valence-electron chi connectivity index (χ0n) is 12.8. The van der Waals surface area contributed by atoms with E-state index in [1.54, 1.807) is 12.1 Å². The number of carbonyl (C=O) groups excluding carboxylic acids is 2. The largest absolute Gasteiger partial charge is 0.495 e. The Morgan fingerprint density at radius 2 is 1.72 bits per heavy atom. The number of imide groups is 1. The molecule has 0 unspecified atom stereocenters. The van der Waals surface area contributed by atoms with Crippen molar-refractivity contribution in [2.24, 2.45) is 0 Å². The molecule has 0 aliphatic carbocycles. The zero-order chi connectivity index (χ0) is 18.1. The van der Waals surface area contributed by atoms with Crippen LogP contribution in [0.3, 0.4) is 0 Å². The predicted octanol–water partition coefficient (Wildman–Crippen LogP) is 3.92. The van der Waals surface area contributed by atoms with Gasteiger partial charge in [-0.25, -0.2) is 9.29 Å². The van der Waals surface area contributed by atoms with Gasteiger partial charge in [0.2, 0.25) is 0 Å². The fourth-order valence-electron chi connectivity index (χ4n) is 2.35. The fraction of sp³-hybridized carbons (Fsp3) is 0.0588. The van der Waals surface area contributed by atoms with Gasteiger partial charge in [0.05, 0.1) is 18.5 Å². The number of rotatable bonds is 4. The van der Waals surface area contributed by atoms with Crippen LogP contribution in [0.5, 0.6) is 5.75 Å². The van der Waals surface area contributed by atoms with Crippen LogP contribution in [-0.4, -0.2) is 18.9 Å². The predicted molar refractivity (Wildman–Crippen MR) is 93.4 cm³/mol. The van der Waals surface area contributed by atoms with Gasteiger partial charge in [0.25, 0.3) is 11.8 Å². The van der Waals surface area contributed by atoms with Gasteiger partial charge < -0.3 is 10.1 Å². The van der Waals surface area contributed by atoms with E-state index in [1.807, 2.05) is 0 Å². The minimum atomic E-state index is -0.707. The average molecular weight is 381 g/mol. The second-order valence-electron chi connectivity index (χ2n) is 5.08. The second kappa shape index (κ2) is 6.74. The highest BCUT2D eigenvalue weighted by Crippen LogP contribution is 2.34. The van der Waals surface area contributed by atoms with E-state index < -0.39 is 17.6 Å². The summed E-state index contributed by atoms with van der Waals surface area (Å²) in [7, 11) is 1.46. The zero-order valence-corrected chi connectivity index (χ0v) is 14.4. The van der Waals surface area contributed by atoms with Gasteiger partial charge in [-0.1, -0.05) is 23.2 Å². The number of carbonyl (C=O) groups is 2. The third-order valence-corrected chi connectivity index (χ3v) is 4.12. The van der Waals surface area contributed by atoms with Gasteiger partial charge in [-0.3, -0.25) is 9.59 Å². The van der Waals surface area contributed by atoms with Crippen molar-refractivity contribution in [3.05, 3.63) is 64.0 Å². The van der Waals surface area contributed by atoms with Crippen molar-refractivity contribution in [3.63, 3.8) is 0 Å². The molecule has 1 aliphatic rings. The van der Waals surface area contributed by atoms with Crippen molar-refractivity contribution < 1.29 is 18.7 Å². The van der Waals surface area contributed by atoms with Crippen molar-refractivity contribution in [2.75, 3.05) is 17.3 Å². The van der Waals surface area contributed by atoms with E-state index in [9.17, 15) is 14.0 Å². The fourth-order valence-corrected chi connectivity index (χ4v) is 2.73. The molecule has 1 aliphatic heterocycles. The maximum Gasteiger partial charge on any atom is 0.283 e. The van der Waals surface area contributed by atoms with Crippen molar-refractivity contribution in [1.82, 2.24) is 0 Å². The van der Waals surface area contributed by atoms with E-state index in [4.69, 9.17) is 27.9 Å². The van der Waals surface area contributed by atoms with Gasteiger partial charge in [0.15, 0.2) is 0 Å². The lowest BCUT2D eigenvalue weighted by Gasteiger charge is -2.15. The van der Waals surface area contributed by atoms with Crippen molar-refractivity contribution in [3.8, 4) is 5.75 Å². The van der Waals surface area contributed by atoms with Crippen LogP contribution in [0.2, 0.25) is 5.02 Å². The third-order valence-electron chi connectivity index (χ3n) is 3.53. The van der Waals surface area contributed by atoms with Crippen LogP contribution in [0, 0.1) is 5.82 Å². The molecule has 25 heavy (non-hydrogen) atoms. The summed E-state index contributed by atoms with van der Waals surface area (Å²) in [5.74, 6) is -1.43. The summed E-state index contributed by atoms with van der Waals surface area (Å²) in [6, 6.07) is 9.70. The molecule has 0 saturated heterocycles. The topological polar surface area (TPSA) is 58.6 Å². The van der Waals surface area contributed by atoms with E-state index in [1.165, 1.54) is 25.3 Å². The summed E-state index contributed by atoms with van der Waals surface area (Å²) < 4.78 is 18.3. The highest BCUT2D eigenvalue weighted by atomic mass is 35.5. The Balaban J connectivity index is 1.95. The Morgan fingerprint density at radius 1 is 1.04 bits per heavy atom. The first-order valence-corrected chi connectivity index (χ1v) is 7.82. The summed E-state index contributed by atoms with van der Waals surface area (Å²) in [5, 5.41) is 2.92. The Bertz CT molecular complexity index is 897. The maximum absolute atomic E-state index is 13.1. The third kappa shape index (κ3) is 3.18. The molecule has 2 aromatic carbocycles. The number of anilines is 2. The van der Waals surface area contributed by atoms with Crippen LogP contribution < -0.4 is 15.0 Å². The molecule has 128 valence electrons. The molecule has 0 aromatic heterocycles. The van der Waals surface area contributed by atoms with Crippen molar-refractivity contribution >= 4 is 46.4 Å². The van der Waals surface area contributed by atoms with Gasteiger partial charge in [-0.2, -0.15) is 0 Å². The highest BCUT2D eigenvalue weighted by molar-refractivity contribution is 6.53. The van der Waals surface area contributed by atoms with Crippen LogP contribution in [-0.2, 0) is 9.59 Å². The SMILES string of the molecule is COc1ccc(Cl)cc1NC1=C(Cl)C(=O)N(c2ccc(F)cc2)C1=O. The van der Waals surface area contributed by atoms with Crippen LogP contribution in [0.25, 0.3) is 0 Å². The monoisotopic (exact) mass is 380 g/mol. The quantitative estimate of drug-likeness (QED) is 0.816. The molecule has 2 aromatic rings. The minimum Gasteiger partial charge on any atom is -0.495 e. The highest BCUT2D eigenvalue weighted by Gasteiger charge is 2.39.